The first kappa shape index (κ1) is 20.2. The highest BCUT2D eigenvalue weighted by atomic mass is 35.5. The maximum absolute atomic E-state index is 12.7. The third-order valence-electron chi connectivity index (χ3n) is 5.18. The van der Waals surface area contributed by atoms with Gasteiger partial charge in [0.2, 0.25) is 11.7 Å². The summed E-state index contributed by atoms with van der Waals surface area (Å²) >= 11 is 6.01. The molecule has 0 bridgehead atoms. The summed E-state index contributed by atoms with van der Waals surface area (Å²) in [6.45, 7) is 1.78. The molecule has 1 atom stereocenters. The molecule has 8 heteroatoms. The fourth-order valence-corrected chi connectivity index (χ4v) is 3.76. The van der Waals surface area contributed by atoms with Crippen molar-refractivity contribution in [1.29, 1.82) is 0 Å². The fourth-order valence-electron chi connectivity index (χ4n) is 3.55. The van der Waals surface area contributed by atoms with Gasteiger partial charge in [-0.1, -0.05) is 28.9 Å². The van der Waals surface area contributed by atoms with Gasteiger partial charge < -0.3 is 19.5 Å². The van der Waals surface area contributed by atoms with Gasteiger partial charge >= 0.3 is 6.01 Å². The van der Waals surface area contributed by atoms with Gasteiger partial charge in [0.05, 0.1) is 13.0 Å². The molecule has 156 valence electrons. The second kappa shape index (κ2) is 9.17. The summed E-state index contributed by atoms with van der Waals surface area (Å²) in [6.07, 6.45) is 1.72. The first-order valence-electron chi connectivity index (χ1n) is 9.87. The number of amides is 1. The Hall–Kier alpha value is -3.06. The topological polar surface area (TPSA) is 80.5 Å². The van der Waals surface area contributed by atoms with Crippen molar-refractivity contribution in [3.8, 4) is 17.1 Å². The molecule has 0 spiro atoms. The molecule has 1 aliphatic heterocycles. The van der Waals surface area contributed by atoms with Crippen LogP contribution in [0.4, 0.5) is 6.01 Å². The van der Waals surface area contributed by atoms with Crippen LogP contribution in [0.15, 0.2) is 53.1 Å². The normalized spacial score (nSPS) is 16.3. The Morgan fingerprint density at radius 3 is 2.90 bits per heavy atom. The van der Waals surface area contributed by atoms with Gasteiger partial charge in [-0.3, -0.25) is 4.79 Å². The number of hydrogen-bond acceptors (Lipinski definition) is 6. The third kappa shape index (κ3) is 4.74. The number of hydrogen-bond donors (Lipinski definition) is 1. The lowest BCUT2D eigenvalue weighted by atomic mass is 9.97. The Morgan fingerprint density at radius 2 is 2.13 bits per heavy atom. The van der Waals surface area contributed by atoms with E-state index in [9.17, 15) is 4.79 Å². The van der Waals surface area contributed by atoms with Crippen molar-refractivity contribution < 1.29 is 14.1 Å². The second-order valence-corrected chi connectivity index (χ2v) is 7.70. The zero-order valence-corrected chi connectivity index (χ0v) is 17.4. The van der Waals surface area contributed by atoms with Crippen LogP contribution in [0, 0.1) is 5.92 Å². The number of nitrogens with zero attached hydrogens (tertiary/aromatic N) is 3. The Kier molecular flexibility index (Phi) is 6.18. The Balaban J connectivity index is 1.37. The maximum atomic E-state index is 12.7. The predicted molar refractivity (Wildman–Crippen MR) is 115 cm³/mol. The molecule has 3 aromatic rings. The molecule has 1 amide bonds. The van der Waals surface area contributed by atoms with Gasteiger partial charge in [0.15, 0.2) is 0 Å². The van der Waals surface area contributed by atoms with Crippen LogP contribution in [0.1, 0.15) is 18.4 Å². The quantitative estimate of drug-likeness (QED) is 0.643. The molecule has 2 heterocycles. The summed E-state index contributed by atoms with van der Waals surface area (Å²) in [7, 11) is 1.62. The Bertz CT molecular complexity index is 1010. The van der Waals surface area contributed by atoms with Crippen LogP contribution in [-0.4, -0.2) is 36.2 Å². The van der Waals surface area contributed by atoms with E-state index in [1.807, 2.05) is 53.4 Å². The van der Waals surface area contributed by atoms with Crippen LogP contribution in [0.5, 0.6) is 5.75 Å². The molecule has 1 N–H and O–H groups in total. The van der Waals surface area contributed by atoms with E-state index in [4.69, 9.17) is 20.9 Å². The van der Waals surface area contributed by atoms with Crippen molar-refractivity contribution in [2.45, 2.75) is 19.4 Å². The SMILES string of the molecule is COc1ccc(-c2noc(N3CCCC(C(=O)NCc4cccc(Cl)c4)C3)n2)cc1. The number of carbonyl (C=O) groups is 1. The molecule has 1 aromatic heterocycles. The van der Waals surface area contributed by atoms with Crippen molar-refractivity contribution in [1.82, 2.24) is 15.5 Å². The average Bonchev–Trinajstić information content (AvgIpc) is 3.28. The van der Waals surface area contributed by atoms with Crippen LogP contribution in [0.25, 0.3) is 11.4 Å². The van der Waals surface area contributed by atoms with E-state index in [-0.39, 0.29) is 11.8 Å². The van der Waals surface area contributed by atoms with Crippen LogP contribution in [0.2, 0.25) is 5.02 Å². The monoisotopic (exact) mass is 426 g/mol. The Labute approximate surface area is 180 Å². The van der Waals surface area contributed by atoms with E-state index in [0.717, 1.165) is 36.3 Å². The molecule has 0 radical (unpaired) electrons. The number of carbonyl (C=O) groups excluding carboxylic acids is 1. The molecular formula is C22H23ClN4O3. The number of methoxy groups -OCH3 is 1. The van der Waals surface area contributed by atoms with E-state index in [1.54, 1.807) is 7.11 Å². The number of piperidine rings is 1. The molecule has 0 aliphatic carbocycles. The summed E-state index contributed by atoms with van der Waals surface area (Å²) in [6, 6.07) is 15.4. The van der Waals surface area contributed by atoms with Crippen molar-refractivity contribution in [2.75, 3.05) is 25.1 Å². The first-order valence-corrected chi connectivity index (χ1v) is 10.3. The lowest BCUT2D eigenvalue weighted by molar-refractivity contribution is -0.125. The molecule has 4 rings (SSSR count). The number of aromatic nitrogens is 2. The molecule has 2 aromatic carbocycles. The lowest BCUT2D eigenvalue weighted by Gasteiger charge is -2.30. The Morgan fingerprint density at radius 1 is 1.30 bits per heavy atom. The predicted octanol–water partition coefficient (Wildman–Crippen LogP) is 3.93. The number of halogens is 1. The summed E-state index contributed by atoms with van der Waals surface area (Å²) in [4.78, 5) is 19.2. The smallest absolute Gasteiger partial charge is 0.324 e. The van der Waals surface area contributed by atoms with E-state index in [1.165, 1.54) is 0 Å². The fraction of sp³-hybridized carbons (Fsp3) is 0.318. The van der Waals surface area contributed by atoms with Crippen molar-refractivity contribution in [3.63, 3.8) is 0 Å². The van der Waals surface area contributed by atoms with Gasteiger partial charge in [-0.05, 0) is 54.8 Å². The molecule has 1 aliphatic rings. The van der Waals surface area contributed by atoms with Gasteiger partial charge in [-0.15, -0.1) is 0 Å². The van der Waals surface area contributed by atoms with Gasteiger partial charge in [-0.2, -0.15) is 4.98 Å². The zero-order chi connectivity index (χ0) is 20.9. The van der Waals surface area contributed by atoms with Crippen LogP contribution in [-0.2, 0) is 11.3 Å². The van der Waals surface area contributed by atoms with Crippen LogP contribution in [0.3, 0.4) is 0 Å². The minimum absolute atomic E-state index is 0.0227. The van der Waals surface area contributed by atoms with Gasteiger partial charge in [-0.25, -0.2) is 0 Å². The molecule has 1 fully saturated rings. The lowest BCUT2D eigenvalue weighted by Crippen LogP contribution is -2.43. The van der Waals surface area contributed by atoms with E-state index >= 15 is 0 Å². The van der Waals surface area contributed by atoms with Gasteiger partial charge in [0.1, 0.15) is 5.75 Å². The highest BCUT2D eigenvalue weighted by Gasteiger charge is 2.28. The highest BCUT2D eigenvalue weighted by Crippen LogP contribution is 2.26. The largest absolute Gasteiger partial charge is 0.497 e. The summed E-state index contributed by atoms with van der Waals surface area (Å²) in [5, 5.41) is 7.76. The standard InChI is InChI=1S/C22H23ClN4O3/c1-29-19-9-7-16(8-10-19)20-25-22(30-26-20)27-11-3-5-17(14-27)21(28)24-13-15-4-2-6-18(23)12-15/h2,4,6-10,12,17H,3,5,11,13-14H2,1H3,(H,24,28). The second-order valence-electron chi connectivity index (χ2n) is 7.26. The summed E-state index contributed by atoms with van der Waals surface area (Å²) < 4.78 is 10.6. The van der Waals surface area contributed by atoms with E-state index < -0.39 is 0 Å². The minimum atomic E-state index is -0.130. The summed E-state index contributed by atoms with van der Waals surface area (Å²) in [5.74, 6) is 1.18. The van der Waals surface area contributed by atoms with Gasteiger partial charge in [0.25, 0.3) is 0 Å². The third-order valence-corrected chi connectivity index (χ3v) is 5.42. The molecule has 0 saturated carbocycles. The number of benzene rings is 2. The van der Waals surface area contributed by atoms with E-state index in [2.05, 4.69) is 15.5 Å². The molecule has 1 unspecified atom stereocenters. The molecule has 7 nitrogen and oxygen atoms in total. The molecule has 1 saturated heterocycles. The van der Waals surface area contributed by atoms with Crippen LogP contribution >= 0.6 is 11.6 Å². The molecular weight excluding hydrogens is 404 g/mol. The molecule has 30 heavy (non-hydrogen) atoms. The average molecular weight is 427 g/mol. The first-order chi connectivity index (χ1) is 14.6. The van der Waals surface area contributed by atoms with Crippen molar-refractivity contribution >= 4 is 23.5 Å². The van der Waals surface area contributed by atoms with E-state index in [0.29, 0.717) is 30.0 Å². The minimum Gasteiger partial charge on any atom is -0.497 e. The number of anilines is 1. The van der Waals surface area contributed by atoms with Crippen molar-refractivity contribution in [2.24, 2.45) is 5.92 Å². The number of nitrogens with one attached hydrogen (secondary N) is 1. The van der Waals surface area contributed by atoms with Crippen molar-refractivity contribution in [3.05, 3.63) is 59.1 Å². The van der Waals surface area contributed by atoms with Crippen LogP contribution < -0.4 is 15.0 Å². The summed E-state index contributed by atoms with van der Waals surface area (Å²) in [5.41, 5.74) is 1.82. The number of rotatable bonds is 6. The highest BCUT2D eigenvalue weighted by molar-refractivity contribution is 6.30. The maximum Gasteiger partial charge on any atom is 0.324 e. The zero-order valence-electron chi connectivity index (χ0n) is 16.7. The number of ether oxygens (including phenoxy) is 1. The van der Waals surface area contributed by atoms with Gasteiger partial charge in [0, 0.05) is 30.2 Å².